The van der Waals surface area contributed by atoms with E-state index in [1.54, 1.807) is 16.8 Å². The number of aromatic hydroxyl groups is 1. The number of hydrogen-bond donors (Lipinski definition) is 4. The van der Waals surface area contributed by atoms with Crippen LogP contribution in [0, 0.1) is 0 Å². The van der Waals surface area contributed by atoms with Gasteiger partial charge in [-0.2, -0.15) is 9.61 Å². The number of aromatic nitrogens is 5. The second kappa shape index (κ2) is 6.94. The summed E-state index contributed by atoms with van der Waals surface area (Å²) < 4.78 is 1.69. The molecule has 5 N–H and O–H groups in total. The zero-order valence-electron chi connectivity index (χ0n) is 17.2. The molecule has 6 rings (SSSR count). The molecule has 3 aromatic heterocycles. The molecule has 0 atom stereocenters. The van der Waals surface area contributed by atoms with Crippen molar-refractivity contribution in [3.63, 3.8) is 0 Å². The van der Waals surface area contributed by atoms with Crippen LogP contribution in [0.4, 0.5) is 0 Å². The van der Waals surface area contributed by atoms with Crippen LogP contribution in [0.15, 0.2) is 51.9 Å². The predicted octanol–water partition coefficient (Wildman–Crippen LogP) is 1.19. The minimum atomic E-state index is -0.484. The van der Waals surface area contributed by atoms with Gasteiger partial charge in [0.1, 0.15) is 5.69 Å². The molecule has 0 bridgehead atoms. The SMILES string of the molecule is NC(=C1CC1)c1cccc(-c2cc(=NC3CC3)n3ncc(=Cc4[nH]c(=O)[nH]c4O)c3n2)c1. The number of fused-ring (bicyclic) bond motifs is 1. The maximum absolute atomic E-state index is 11.5. The Kier molecular flexibility index (Phi) is 4.04. The van der Waals surface area contributed by atoms with E-state index in [2.05, 4.69) is 21.1 Å². The lowest BCUT2D eigenvalue weighted by molar-refractivity contribution is 0.454. The van der Waals surface area contributed by atoms with Crippen molar-refractivity contribution >= 4 is 17.4 Å². The van der Waals surface area contributed by atoms with Gasteiger partial charge in [-0.25, -0.2) is 9.78 Å². The fourth-order valence-corrected chi connectivity index (χ4v) is 3.73. The van der Waals surface area contributed by atoms with Crippen molar-refractivity contribution in [3.8, 4) is 17.1 Å². The molecule has 0 amide bonds. The van der Waals surface area contributed by atoms with Gasteiger partial charge in [0.05, 0.1) is 17.9 Å². The summed E-state index contributed by atoms with van der Waals surface area (Å²) in [6.07, 6.45) is 7.55. The summed E-state index contributed by atoms with van der Waals surface area (Å²) in [5.41, 5.74) is 12.2. The number of aromatic amines is 2. The Hall–Kier alpha value is -4.14. The summed E-state index contributed by atoms with van der Waals surface area (Å²) in [6.45, 7) is 0. The van der Waals surface area contributed by atoms with Crippen molar-refractivity contribution in [2.24, 2.45) is 10.7 Å². The van der Waals surface area contributed by atoms with Crippen molar-refractivity contribution in [2.75, 3.05) is 0 Å². The van der Waals surface area contributed by atoms with E-state index in [1.165, 1.54) is 5.57 Å². The third-order valence-corrected chi connectivity index (χ3v) is 5.73. The van der Waals surface area contributed by atoms with Crippen LogP contribution < -0.4 is 22.1 Å². The molecule has 0 radical (unpaired) electrons. The summed E-state index contributed by atoms with van der Waals surface area (Å²) in [5, 5.41) is 15.1. The minimum absolute atomic E-state index is 0.232. The summed E-state index contributed by atoms with van der Waals surface area (Å²) in [6, 6.07) is 10.3. The first-order valence-electron chi connectivity index (χ1n) is 10.6. The van der Waals surface area contributed by atoms with Crippen LogP contribution in [0.3, 0.4) is 0 Å². The molecule has 2 saturated carbocycles. The molecule has 4 aromatic rings. The first kappa shape index (κ1) is 18.6. The van der Waals surface area contributed by atoms with Gasteiger partial charge in [0, 0.05) is 22.5 Å². The van der Waals surface area contributed by atoms with Gasteiger partial charge in [0.15, 0.2) is 11.1 Å². The summed E-state index contributed by atoms with van der Waals surface area (Å²) in [7, 11) is 0. The van der Waals surface area contributed by atoms with Crippen LogP contribution in [-0.2, 0) is 0 Å². The highest BCUT2D eigenvalue weighted by Crippen LogP contribution is 2.34. The highest BCUT2D eigenvalue weighted by Gasteiger charge is 2.21. The minimum Gasteiger partial charge on any atom is -0.493 e. The van der Waals surface area contributed by atoms with E-state index in [-0.39, 0.29) is 11.6 Å². The molecule has 9 heteroatoms. The molecule has 3 heterocycles. The molecule has 2 fully saturated rings. The van der Waals surface area contributed by atoms with Crippen LogP contribution >= 0.6 is 0 Å². The van der Waals surface area contributed by atoms with Crippen molar-refractivity contribution in [1.29, 1.82) is 0 Å². The summed E-state index contributed by atoms with van der Waals surface area (Å²) >= 11 is 0. The van der Waals surface area contributed by atoms with Gasteiger partial charge in [-0.15, -0.1) is 0 Å². The van der Waals surface area contributed by atoms with Gasteiger partial charge in [-0.1, -0.05) is 18.2 Å². The molecule has 9 nitrogen and oxygen atoms in total. The van der Waals surface area contributed by atoms with Crippen LogP contribution in [0.25, 0.3) is 28.7 Å². The van der Waals surface area contributed by atoms with E-state index in [4.69, 9.17) is 15.7 Å². The molecule has 0 unspecified atom stereocenters. The molecule has 0 saturated heterocycles. The number of benzene rings is 1. The number of nitrogens with one attached hydrogen (secondary N) is 2. The Labute approximate surface area is 181 Å². The standard InChI is InChI=1S/C23H21N7O2/c24-20(12-4-5-12)14-3-1-2-13(8-14)17-10-19(26-16-6-7-16)30-21(27-17)15(11-25-30)9-18-22(31)29-23(32)28-18/h1-3,8-11,16,31H,4-7,24H2,(H2,28,29,32). The van der Waals surface area contributed by atoms with E-state index in [0.29, 0.717) is 16.9 Å². The second-order valence-electron chi connectivity index (χ2n) is 8.28. The normalized spacial score (nSPS) is 16.8. The lowest BCUT2D eigenvalue weighted by atomic mass is 10.1. The van der Waals surface area contributed by atoms with Gasteiger partial charge in [0.2, 0.25) is 5.88 Å². The first-order valence-corrected chi connectivity index (χ1v) is 10.6. The fourth-order valence-electron chi connectivity index (χ4n) is 3.73. The number of hydrogen-bond acceptors (Lipinski definition) is 6. The van der Waals surface area contributed by atoms with Crippen molar-refractivity contribution in [3.05, 3.63) is 74.5 Å². The van der Waals surface area contributed by atoms with Gasteiger partial charge < -0.3 is 15.8 Å². The quantitative estimate of drug-likeness (QED) is 0.388. The van der Waals surface area contributed by atoms with Crippen molar-refractivity contribution < 1.29 is 5.11 Å². The fraction of sp³-hybridized carbons (Fsp3) is 0.217. The van der Waals surface area contributed by atoms with Crippen molar-refractivity contribution in [2.45, 2.75) is 31.7 Å². The van der Waals surface area contributed by atoms with Crippen LogP contribution in [0.2, 0.25) is 0 Å². The topological polar surface area (TPSA) is 137 Å². The molecule has 0 aliphatic heterocycles. The zero-order chi connectivity index (χ0) is 21.8. The van der Waals surface area contributed by atoms with Crippen LogP contribution in [0.1, 0.15) is 36.9 Å². The lowest BCUT2D eigenvalue weighted by Crippen LogP contribution is -2.19. The first-order chi connectivity index (χ1) is 15.5. The Bertz CT molecular complexity index is 1580. The Morgan fingerprint density at radius 3 is 2.81 bits per heavy atom. The highest BCUT2D eigenvalue weighted by molar-refractivity contribution is 5.73. The third kappa shape index (κ3) is 3.37. The van der Waals surface area contributed by atoms with Crippen molar-refractivity contribution in [1.82, 2.24) is 24.6 Å². The van der Waals surface area contributed by atoms with Crippen LogP contribution in [0.5, 0.6) is 5.88 Å². The summed E-state index contributed by atoms with van der Waals surface area (Å²) in [4.78, 5) is 26.1. The summed E-state index contributed by atoms with van der Waals surface area (Å²) in [5.74, 6) is -0.232. The van der Waals surface area contributed by atoms with Crippen LogP contribution in [-0.4, -0.2) is 35.7 Å². The maximum Gasteiger partial charge on any atom is 0.326 e. The number of nitrogens with zero attached hydrogens (tertiary/aromatic N) is 4. The average molecular weight is 427 g/mol. The Morgan fingerprint density at radius 1 is 1.25 bits per heavy atom. The van der Waals surface area contributed by atoms with E-state index in [1.807, 2.05) is 24.3 Å². The Morgan fingerprint density at radius 2 is 2.09 bits per heavy atom. The molecular formula is C23H21N7O2. The smallest absolute Gasteiger partial charge is 0.326 e. The second-order valence-corrected chi connectivity index (χ2v) is 8.28. The van der Waals surface area contributed by atoms with E-state index in [0.717, 1.165) is 53.7 Å². The highest BCUT2D eigenvalue weighted by atomic mass is 16.3. The van der Waals surface area contributed by atoms with Gasteiger partial charge >= 0.3 is 5.69 Å². The average Bonchev–Trinajstić information content (AvgIpc) is 3.71. The van der Waals surface area contributed by atoms with E-state index in [9.17, 15) is 9.90 Å². The molecule has 32 heavy (non-hydrogen) atoms. The number of rotatable bonds is 4. The monoisotopic (exact) mass is 427 g/mol. The van der Waals surface area contributed by atoms with Gasteiger partial charge in [0.25, 0.3) is 0 Å². The zero-order valence-corrected chi connectivity index (χ0v) is 17.2. The van der Waals surface area contributed by atoms with E-state index < -0.39 is 5.69 Å². The molecule has 160 valence electrons. The molecular weight excluding hydrogens is 406 g/mol. The predicted molar refractivity (Wildman–Crippen MR) is 119 cm³/mol. The molecule has 2 aliphatic rings. The largest absolute Gasteiger partial charge is 0.493 e. The number of H-pyrrole nitrogens is 2. The molecule has 1 aromatic carbocycles. The lowest BCUT2D eigenvalue weighted by Gasteiger charge is -2.06. The van der Waals surface area contributed by atoms with Gasteiger partial charge in [-0.3, -0.25) is 9.98 Å². The molecule has 2 aliphatic carbocycles. The number of nitrogens with two attached hydrogens (primary N) is 1. The number of allylic oxidation sites excluding steroid dienone is 1. The van der Waals surface area contributed by atoms with E-state index >= 15 is 0 Å². The van der Waals surface area contributed by atoms with Gasteiger partial charge in [-0.05, 0) is 49.0 Å². The maximum atomic E-state index is 11.5. The molecule has 0 spiro atoms. The number of imidazole rings is 1. The third-order valence-electron chi connectivity index (χ3n) is 5.73. The Balaban J connectivity index is 1.57.